The van der Waals surface area contributed by atoms with Gasteiger partial charge in [-0.2, -0.15) is 0 Å². The minimum atomic E-state index is -0.688. The normalized spacial score (nSPS) is 13.4. The van der Waals surface area contributed by atoms with E-state index in [-0.39, 0.29) is 18.7 Å². The van der Waals surface area contributed by atoms with Gasteiger partial charge in [-0.25, -0.2) is 4.57 Å². The van der Waals surface area contributed by atoms with Crippen LogP contribution in [0.5, 0.6) is 0 Å². The van der Waals surface area contributed by atoms with Crippen molar-refractivity contribution >= 4 is 5.97 Å². The Morgan fingerprint density at radius 3 is 2.39 bits per heavy atom. The Balaban J connectivity index is 1.90. The van der Waals surface area contributed by atoms with Crippen molar-refractivity contribution in [3.8, 4) is 0 Å². The molecule has 31 heavy (non-hydrogen) atoms. The van der Waals surface area contributed by atoms with Gasteiger partial charge in [0.15, 0.2) is 18.9 Å². The van der Waals surface area contributed by atoms with Crippen molar-refractivity contribution in [2.24, 2.45) is 0 Å². The molecule has 0 aliphatic heterocycles. The summed E-state index contributed by atoms with van der Waals surface area (Å²) in [6, 6.07) is 5.72. The van der Waals surface area contributed by atoms with Gasteiger partial charge in [0.25, 0.3) is 0 Å². The van der Waals surface area contributed by atoms with E-state index in [4.69, 9.17) is 4.74 Å². The highest BCUT2D eigenvalue weighted by molar-refractivity contribution is 5.69. The molecule has 0 spiro atoms. The number of nitrogens with zero attached hydrogens (tertiary/aromatic N) is 1. The van der Waals surface area contributed by atoms with E-state index in [1.54, 1.807) is 0 Å². The second-order valence-corrected chi connectivity index (χ2v) is 8.43. The zero-order chi connectivity index (χ0) is 22.6. The van der Waals surface area contributed by atoms with Gasteiger partial charge in [0.05, 0.1) is 6.10 Å². The Morgan fingerprint density at radius 2 is 1.61 bits per heavy atom. The first kappa shape index (κ1) is 27.3. The Kier molecular flexibility index (Phi) is 16.7. The summed E-state index contributed by atoms with van der Waals surface area (Å²) in [7, 11) is 0. The van der Waals surface area contributed by atoms with Crippen molar-refractivity contribution in [3.05, 3.63) is 42.7 Å². The molecular formula is C26H44NO4+. The number of esters is 1. The van der Waals surface area contributed by atoms with Crippen LogP contribution in [0.15, 0.2) is 42.7 Å². The molecule has 5 nitrogen and oxygen atoms in total. The van der Waals surface area contributed by atoms with Gasteiger partial charge in [0.1, 0.15) is 12.7 Å². The first-order valence-electron chi connectivity index (χ1n) is 12.2. The number of rotatable bonds is 19. The van der Waals surface area contributed by atoms with E-state index in [0.717, 1.165) is 57.8 Å². The summed E-state index contributed by atoms with van der Waals surface area (Å²) in [5.74, 6) is -0.228. The van der Waals surface area contributed by atoms with Gasteiger partial charge in [-0.15, -0.1) is 0 Å². The van der Waals surface area contributed by atoms with E-state index in [1.807, 2.05) is 35.2 Å². The predicted octanol–water partition coefficient (Wildman–Crippen LogP) is 4.89. The third-order valence-electron chi connectivity index (χ3n) is 5.35. The van der Waals surface area contributed by atoms with E-state index < -0.39 is 6.10 Å². The molecule has 1 aromatic heterocycles. The van der Waals surface area contributed by atoms with E-state index in [1.165, 1.54) is 19.3 Å². The van der Waals surface area contributed by atoms with Gasteiger partial charge in [0, 0.05) is 18.6 Å². The van der Waals surface area contributed by atoms with Gasteiger partial charge >= 0.3 is 5.97 Å². The molecule has 0 fully saturated rings. The fourth-order valence-electron chi connectivity index (χ4n) is 3.47. The SMILES string of the molecule is CCCCCCC(O)C/C=C\CCCCCCCC(=O)OCC(O)C[n+]1ccccc1. The number of allylic oxidation sites excluding steroid dienone is 1. The number of carbonyl (C=O) groups is 1. The summed E-state index contributed by atoms with van der Waals surface area (Å²) >= 11 is 0. The monoisotopic (exact) mass is 434 g/mol. The number of carbonyl (C=O) groups excluding carboxylic acids is 1. The third kappa shape index (κ3) is 16.6. The van der Waals surface area contributed by atoms with Gasteiger partial charge in [-0.3, -0.25) is 4.79 Å². The molecule has 0 aliphatic rings. The highest BCUT2D eigenvalue weighted by Crippen LogP contribution is 2.11. The number of aromatic nitrogens is 1. The van der Waals surface area contributed by atoms with E-state index >= 15 is 0 Å². The molecule has 0 aromatic carbocycles. The van der Waals surface area contributed by atoms with Crippen LogP contribution in [0, 0.1) is 0 Å². The highest BCUT2D eigenvalue weighted by atomic mass is 16.5. The largest absolute Gasteiger partial charge is 0.463 e. The second-order valence-electron chi connectivity index (χ2n) is 8.43. The number of aliphatic hydroxyl groups excluding tert-OH is 2. The molecule has 2 atom stereocenters. The lowest BCUT2D eigenvalue weighted by molar-refractivity contribution is -0.703. The van der Waals surface area contributed by atoms with Crippen LogP contribution in [-0.2, 0) is 16.1 Å². The maximum atomic E-state index is 11.8. The highest BCUT2D eigenvalue weighted by Gasteiger charge is 2.13. The first-order valence-corrected chi connectivity index (χ1v) is 12.2. The molecule has 2 unspecified atom stereocenters. The van der Waals surface area contributed by atoms with Crippen molar-refractivity contribution in [1.29, 1.82) is 0 Å². The Morgan fingerprint density at radius 1 is 0.903 bits per heavy atom. The molecule has 0 bridgehead atoms. The molecule has 176 valence electrons. The quantitative estimate of drug-likeness (QED) is 0.141. The zero-order valence-electron chi connectivity index (χ0n) is 19.5. The maximum Gasteiger partial charge on any atom is 0.305 e. The van der Waals surface area contributed by atoms with Crippen molar-refractivity contribution in [2.75, 3.05) is 6.61 Å². The lowest BCUT2D eigenvalue weighted by Crippen LogP contribution is -2.41. The van der Waals surface area contributed by atoms with Crippen LogP contribution in [0.4, 0.5) is 0 Å². The van der Waals surface area contributed by atoms with E-state index in [0.29, 0.717) is 13.0 Å². The molecule has 1 heterocycles. The number of aliphatic hydroxyl groups is 2. The smallest absolute Gasteiger partial charge is 0.305 e. The molecular weight excluding hydrogens is 390 g/mol. The van der Waals surface area contributed by atoms with Crippen LogP contribution in [0.25, 0.3) is 0 Å². The predicted molar refractivity (Wildman–Crippen MR) is 124 cm³/mol. The van der Waals surface area contributed by atoms with Crippen molar-refractivity contribution in [1.82, 2.24) is 0 Å². The van der Waals surface area contributed by atoms with Crippen LogP contribution in [0.3, 0.4) is 0 Å². The fraction of sp³-hybridized carbons (Fsp3) is 0.692. The number of pyridine rings is 1. The van der Waals surface area contributed by atoms with Gasteiger partial charge in [0.2, 0.25) is 0 Å². The number of hydrogen-bond donors (Lipinski definition) is 2. The average Bonchev–Trinajstić information content (AvgIpc) is 2.77. The maximum absolute atomic E-state index is 11.8. The molecule has 5 heteroatoms. The van der Waals surface area contributed by atoms with Crippen LogP contribution < -0.4 is 4.57 Å². The summed E-state index contributed by atoms with van der Waals surface area (Å²) in [5.41, 5.74) is 0. The van der Waals surface area contributed by atoms with E-state index in [2.05, 4.69) is 19.1 Å². The minimum absolute atomic E-state index is 0.0422. The average molecular weight is 435 g/mol. The van der Waals surface area contributed by atoms with Crippen LogP contribution >= 0.6 is 0 Å². The molecule has 0 amide bonds. The fourth-order valence-corrected chi connectivity index (χ4v) is 3.47. The molecule has 2 N–H and O–H groups in total. The topological polar surface area (TPSA) is 70.6 Å². The minimum Gasteiger partial charge on any atom is -0.463 e. The standard InChI is InChI=1S/C26H44NO4/c1-2-3-4-12-17-24(28)18-13-9-7-5-6-8-10-14-19-26(30)31-23-25(29)22-27-20-15-11-16-21-27/h9,11,13,15-16,20-21,24-25,28-29H,2-8,10,12,14,17-19,22-23H2,1H3/q+1/b13-9-. The lowest BCUT2D eigenvalue weighted by Gasteiger charge is -2.09. The molecule has 1 rings (SSSR count). The summed E-state index contributed by atoms with van der Waals surface area (Å²) in [6.45, 7) is 2.66. The molecule has 0 aliphatic carbocycles. The zero-order valence-corrected chi connectivity index (χ0v) is 19.5. The van der Waals surface area contributed by atoms with Crippen LogP contribution in [0.2, 0.25) is 0 Å². The van der Waals surface area contributed by atoms with Crippen LogP contribution in [-0.4, -0.2) is 35.0 Å². The van der Waals surface area contributed by atoms with Gasteiger partial charge < -0.3 is 14.9 Å². The Hall–Kier alpha value is -1.72. The molecule has 0 radical (unpaired) electrons. The van der Waals surface area contributed by atoms with Gasteiger partial charge in [-0.1, -0.05) is 70.1 Å². The summed E-state index contributed by atoms with van der Waals surface area (Å²) in [5, 5.41) is 19.9. The Bertz CT molecular complexity index is 576. The lowest BCUT2D eigenvalue weighted by atomic mass is 10.1. The van der Waals surface area contributed by atoms with E-state index in [9.17, 15) is 15.0 Å². The van der Waals surface area contributed by atoms with Crippen LogP contribution in [0.1, 0.15) is 90.4 Å². The molecule has 1 aromatic rings. The third-order valence-corrected chi connectivity index (χ3v) is 5.35. The molecule has 0 saturated heterocycles. The summed E-state index contributed by atoms with van der Waals surface area (Å²) in [4.78, 5) is 11.8. The molecule has 0 saturated carbocycles. The number of hydrogen-bond acceptors (Lipinski definition) is 4. The Labute approximate surface area is 189 Å². The van der Waals surface area contributed by atoms with Crippen molar-refractivity contribution in [2.45, 2.75) is 109 Å². The number of unbranched alkanes of at least 4 members (excludes halogenated alkanes) is 8. The van der Waals surface area contributed by atoms with Gasteiger partial charge in [-0.05, 0) is 32.1 Å². The second kappa shape index (κ2) is 19.0. The first-order chi connectivity index (χ1) is 15.1. The number of ether oxygens (including phenoxy) is 1. The van der Waals surface area contributed by atoms with Crippen molar-refractivity contribution in [3.63, 3.8) is 0 Å². The summed E-state index contributed by atoms with van der Waals surface area (Å²) < 4.78 is 7.04. The summed E-state index contributed by atoms with van der Waals surface area (Å²) in [6.07, 6.45) is 20.5. The van der Waals surface area contributed by atoms with Crippen molar-refractivity contribution < 1.29 is 24.3 Å².